The Bertz CT molecular complexity index is 371. The van der Waals surface area contributed by atoms with Crippen LogP contribution in [0.3, 0.4) is 0 Å². The van der Waals surface area contributed by atoms with Gasteiger partial charge in [-0.25, -0.2) is 3.21 Å². The van der Waals surface area contributed by atoms with E-state index in [1.54, 1.807) is 7.11 Å². The van der Waals surface area contributed by atoms with E-state index < -0.39 is 0 Å². The fourth-order valence-corrected chi connectivity index (χ4v) is 2.66. The fourth-order valence-electron chi connectivity index (χ4n) is 1.37. The molecule has 0 radical (unpaired) electrons. The maximum absolute atomic E-state index is 5.15. The van der Waals surface area contributed by atoms with Gasteiger partial charge in [-0.05, 0) is 29.8 Å². The van der Waals surface area contributed by atoms with Crippen LogP contribution in [0.4, 0.5) is 0 Å². The van der Waals surface area contributed by atoms with Crippen molar-refractivity contribution in [3.8, 4) is 5.75 Å². The van der Waals surface area contributed by atoms with Crippen molar-refractivity contribution in [3.05, 3.63) is 29.8 Å². The number of rotatable bonds is 4. The van der Waals surface area contributed by atoms with E-state index in [2.05, 4.69) is 74.6 Å². The minimum atomic E-state index is 0.0936. The van der Waals surface area contributed by atoms with Gasteiger partial charge in [0, 0.05) is 9.84 Å². The van der Waals surface area contributed by atoms with Crippen molar-refractivity contribution in [1.82, 2.24) is 0 Å². The third kappa shape index (κ3) is 3.32. The summed E-state index contributed by atoms with van der Waals surface area (Å²) in [6, 6.07) is 8.07. The topological polar surface area (TPSA) is 21.6 Å². The van der Waals surface area contributed by atoms with Crippen molar-refractivity contribution in [2.24, 2.45) is 8.62 Å². The molecule has 0 amide bonds. The Balaban J connectivity index is 3.06. The number of methoxy groups -OCH3 is 1. The van der Waals surface area contributed by atoms with Crippen molar-refractivity contribution < 1.29 is 4.74 Å². The Morgan fingerprint density at radius 1 is 1.31 bits per heavy atom. The number of hydrogen-bond donors (Lipinski definition) is 0. The molecule has 0 aliphatic carbocycles. The molecule has 16 heavy (non-hydrogen) atoms. The van der Waals surface area contributed by atoms with Crippen molar-refractivity contribution in [2.75, 3.05) is 11.5 Å². The van der Waals surface area contributed by atoms with Crippen LogP contribution >= 0.6 is 45.5 Å². The molecule has 0 saturated carbocycles. The molecule has 1 aromatic carbocycles. The predicted octanol–water partition coefficient (Wildman–Crippen LogP) is 4.30. The molecule has 0 unspecified atom stereocenters. The number of hydrogen-bond acceptors (Lipinski definition) is 2. The van der Waals surface area contributed by atoms with Crippen LogP contribution in [0.15, 0.2) is 27.5 Å². The Morgan fingerprint density at radius 3 is 2.25 bits per heavy atom. The van der Waals surface area contributed by atoms with Gasteiger partial charge in [0.25, 0.3) is 0 Å². The zero-order chi connectivity index (χ0) is 12.2. The quantitative estimate of drug-likeness (QED) is 0.387. The second-order valence-corrected chi connectivity index (χ2v) is 5.42. The summed E-state index contributed by atoms with van der Waals surface area (Å²) >= 11 is 4.47. The van der Waals surface area contributed by atoms with Crippen molar-refractivity contribution in [3.63, 3.8) is 0 Å². The molecular weight excluding hydrogens is 428 g/mol. The van der Waals surface area contributed by atoms with Crippen LogP contribution in [0.5, 0.6) is 5.75 Å². The number of nitrogens with zero attached hydrogens (tertiary/aromatic N) is 1. The van der Waals surface area contributed by atoms with Crippen LogP contribution in [0.25, 0.3) is 0 Å². The third-order valence-corrected chi connectivity index (χ3v) is 4.81. The molecule has 0 saturated heterocycles. The second-order valence-electron chi connectivity index (χ2n) is 4.18. The first-order valence-corrected chi connectivity index (χ1v) is 7.44. The highest BCUT2D eigenvalue weighted by atomic mass is 127. The first kappa shape index (κ1) is 14.2. The minimum Gasteiger partial charge on any atom is -0.497 e. The standard InChI is InChI=1S/C12H15I2NO/c1-12(2,8-13)11(15-14)9-4-6-10(16-3)7-5-9/h4-7H,8H2,1-3H3/b15-11+. The zero-order valence-corrected chi connectivity index (χ0v) is 13.9. The lowest BCUT2D eigenvalue weighted by atomic mass is 9.86. The van der Waals surface area contributed by atoms with Gasteiger partial charge in [0.1, 0.15) is 5.75 Å². The van der Waals surface area contributed by atoms with Crippen LogP contribution in [0.2, 0.25) is 0 Å². The van der Waals surface area contributed by atoms with E-state index >= 15 is 0 Å². The Hall–Kier alpha value is 0.150. The Morgan fingerprint density at radius 2 is 1.88 bits per heavy atom. The van der Waals surface area contributed by atoms with E-state index in [1.165, 1.54) is 0 Å². The van der Waals surface area contributed by atoms with Gasteiger partial charge in [0.2, 0.25) is 0 Å². The summed E-state index contributed by atoms with van der Waals surface area (Å²) in [5, 5.41) is 0. The van der Waals surface area contributed by atoms with Crippen LogP contribution < -0.4 is 4.74 Å². The molecule has 1 aromatic rings. The first-order chi connectivity index (χ1) is 7.55. The largest absolute Gasteiger partial charge is 0.497 e. The molecule has 0 aliphatic heterocycles. The highest BCUT2D eigenvalue weighted by Crippen LogP contribution is 2.27. The molecule has 0 aliphatic rings. The van der Waals surface area contributed by atoms with Gasteiger partial charge in [-0.3, -0.25) is 0 Å². The van der Waals surface area contributed by atoms with E-state index in [4.69, 9.17) is 4.74 Å². The van der Waals surface area contributed by atoms with Gasteiger partial charge < -0.3 is 4.74 Å². The molecule has 2 nitrogen and oxygen atoms in total. The predicted molar refractivity (Wildman–Crippen MR) is 86.2 cm³/mol. The summed E-state index contributed by atoms with van der Waals surface area (Å²) in [6.07, 6.45) is 0. The first-order valence-electron chi connectivity index (χ1n) is 4.95. The Labute approximate surface area is 125 Å². The SMILES string of the molecule is COc1ccc(/C(=N\I)C(C)(C)CI)cc1. The molecule has 88 valence electrons. The van der Waals surface area contributed by atoms with Gasteiger partial charge in [-0.15, -0.1) is 0 Å². The maximum Gasteiger partial charge on any atom is 0.118 e. The zero-order valence-electron chi connectivity index (χ0n) is 9.63. The average molecular weight is 443 g/mol. The highest BCUT2D eigenvalue weighted by molar-refractivity contribution is 14.1. The summed E-state index contributed by atoms with van der Waals surface area (Å²) in [4.78, 5) is 0. The lowest BCUT2D eigenvalue weighted by molar-refractivity contribution is 0.415. The molecule has 0 N–H and O–H groups in total. The molecule has 0 heterocycles. The minimum absolute atomic E-state index is 0.0936. The van der Waals surface area contributed by atoms with Crippen LogP contribution in [-0.2, 0) is 0 Å². The summed E-state index contributed by atoms with van der Waals surface area (Å²) in [5.74, 6) is 0.879. The molecule has 0 atom stereocenters. The molecule has 0 aromatic heterocycles. The number of benzene rings is 1. The summed E-state index contributed by atoms with van der Waals surface area (Å²) in [5.41, 5.74) is 2.39. The molecule has 0 fully saturated rings. The van der Waals surface area contributed by atoms with E-state index in [9.17, 15) is 0 Å². The van der Waals surface area contributed by atoms with Crippen molar-refractivity contribution in [2.45, 2.75) is 13.8 Å². The van der Waals surface area contributed by atoms with Crippen molar-refractivity contribution in [1.29, 1.82) is 0 Å². The van der Waals surface area contributed by atoms with Crippen LogP contribution in [0, 0.1) is 5.41 Å². The monoisotopic (exact) mass is 443 g/mol. The van der Waals surface area contributed by atoms with E-state index in [0.29, 0.717) is 0 Å². The Kier molecular flexibility index (Phi) is 5.49. The maximum atomic E-state index is 5.15. The third-order valence-electron chi connectivity index (χ3n) is 2.42. The lowest BCUT2D eigenvalue weighted by Gasteiger charge is -2.23. The molecule has 0 bridgehead atoms. The smallest absolute Gasteiger partial charge is 0.118 e. The number of halogens is 2. The molecule has 0 spiro atoms. The van der Waals surface area contributed by atoms with Crippen LogP contribution in [-0.4, -0.2) is 17.2 Å². The average Bonchev–Trinajstić information content (AvgIpc) is 2.30. The number of ether oxygens (including phenoxy) is 1. The summed E-state index contributed by atoms with van der Waals surface area (Å²) < 4.78 is 10.6. The number of alkyl halides is 1. The summed E-state index contributed by atoms with van der Waals surface area (Å²) in [7, 11) is 1.68. The normalized spacial score (nSPS) is 12.7. The summed E-state index contributed by atoms with van der Waals surface area (Å²) in [6.45, 7) is 4.42. The van der Waals surface area contributed by atoms with Gasteiger partial charge in [0.15, 0.2) is 0 Å². The molecule has 1 rings (SSSR count). The molecule has 4 heteroatoms. The van der Waals surface area contributed by atoms with Gasteiger partial charge in [-0.1, -0.05) is 36.4 Å². The van der Waals surface area contributed by atoms with E-state index in [-0.39, 0.29) is 5.41 Å². The fraction of sp³-hybridized carbons (Fsp3) is 0.417. The van der Waals surface area contributed by atoms with Gasteiger partial charge >= 0.3 is 0 Å². The molecular formula is C12H15I2NO. The highest BCUT2D eigenvalue weighted by Gasteiger charge is 2.24. The van der Waals surface area contributed by atoms with Crippen LogP contribution in [0.1, 0.15) is 19.4 Å². The van der Waals surface area contributed by atoms with Gasteiger partial charge in [-0.2, -0.15) is 0 Å². The van der Waals surface area contributed by atoms with Gasteiger partial charge in [0.05, 0.1) is 35.7 Å². The van der Waals surface area contributed by atoms with E-state index in [0.717, 1.165) is 21.5 Å². The second kappa shape index (κ2) is 6.18. The van der Waals surface area contributed by atoms with Crippen molar-refractivity contribution >= 4 is 51.2 Å². The lowest BCUT2D eigenvalue weighted by Crippen LogP contribution is -2.26. The van der Waals surface area contributed by atoms with E-state index in [1.807, 2.05) is 12.1 Å².